The molecule has 0 aliphatic carbocycles. The quantitative estimate of drug-likeness (QED) is 0.448. The lowest BCUT2D eigenvalue weighted by Crippen LogP contribution is -2.46. The van der Waals surface area contributed by atoms with Gasteiger partial charge in [0.15, 0.2) is 5.76 Å². The summed E-state index contributed by atoms with van der Waals surface area (Å²) < 4.78 is 26.4. The van der Waals surface area contributed by atoms with E-state index in [1.165, 1.54) is 12.1 Å². The van der Waals surface area contributed by atoms with Crippen molar-refractivity contribution in [2.45, 2.75) is 6.54 Å². The summed E-state index contributed by atoms with van der Waals surface area (Å²) in [6, 6.07) is 15.4. The Balaban J connectivity index is 1.36. The molecule has 0 spiro atoms. The Hall–Kier alpha value is -3.36. The minimum atomic E-state index is -0.243. The van der Waals surface area contributed by atoms with Crippen LogP contribution in [-0.4, -0.2) is 49.1 Å². The van der Waals surface area contributed by atoms with Gasteiger partial charge in [-0.25, -0.2) is 4.39 Å². The molecule has 2 aliphatic heterocycles. The zero-order chi connectivity index (χ0) is 24.5. The molecule has 3 aromatic rings. The molecule has 6 nitrogen and oxygen atoms in total. The number of carbonyl (C=O) groups excluding carboxylic acids is 1. The summed E-state index contributed by atoms with van der Waals surface area (Å²) in [5.41, 5.74) is 2.29. The number of ether oxygens (including phenoxy) is 2. The molecule has 0 saturated carbocycles. The first-order valence-electron chi connectivity index (χ1n) is 11.3. The number of fused-ring (bicyclic) bond motifs is 1. The highest BCUT2D eigenvalue weighted by Gasteiger charge is 2.32. The van der Waals surface area contributed by atoms with Gasteiger partial charge in [0.1, 0.15) is 23.1 Å². The van der Waals surface area contributed by atoms with E-state index in [0.717, 1.165) is 4.47 Å². The van der Waals surface area contributed by atoms with E-state index in [2.05, 4.69) is 20.8 Å². The van der Waals surface area contributed by atoms with Gasteiger partial charge in [0.05, 0.1) is 23.9 Å². The van der Waals surface area contributed by atoms with Crippen LogP contribution in [0.5, 0.6) is 17.2 Å². The first-order chi connectivity index (χ1) is 16.9. The number of anilines is 1. The van der Waals surface area contributed by atoms with Crippen molar-refractivity contribution in [1.29, 1.82) is 0 Å². The molecule has 3 aromatic carbocycles. The smallest absolute Gasteiger partial charge is 0.231 e. The second-order valence-electron chi connectivity index (χ2n) is 8.48. The Kier molecular flexibility index (Phi) is 6.49. The van der Waals surface area contributed by atoms with Crippen molar-refractivity contribution in [3.63, 3.8) is 0 Å². The fraction of sp³-hybridized carbons (Fsp3) is 0.222. The van der Waals surface area contributed by atoms with Crippen molar-refractivity contribution in [3.05, 3.63) is 87.3 Å². The van der Waals surface area contributed by atoms with E-state index in [1.54, 1.807) is 37.5 Å². The summed E-state index contributed by atoms with van der Waals surface area (Å²) in [5, 5.41) is 10.6. The minimum Gasteiger partial charge on any atom is -0.507 e. The maximum atomic E-state index is 14.2. The van der Waals surface area contributed by atoms with Crippen LogP contribution < -0.4 is 14.4 Å². The number of benzene rings is 3. The predicted molar refractivity (Wildman–Crippen MR) is 136 cm³/mol. The third kappa shape index (κ3) is 4.63. The van der Waals surface area contributed by atoms with Crippen LogP contribution in [0.25, 0.3) is 6.08 Å². The lowest BCUT2D eigenvalue weighted by molar-refractivity contribution is 0.101. The number of ketones is 1. The molecular weight excluding hydrogens is 515 g/mol. The average Bonchev–Trinajstić information content (AvgIpc) is 3.17. The fourth-order valence-corrected chi connectivity index (χ4v) is 4.87. The molecule has 35 heavy (non-hydrogen) atoms. The van der Waals surface area contributed by atoms with Gasteiger partial charge in [-0.3, -0.25) is 9.69 Å². The second kappa shape index (κ2) is 9.71. The standard InChI is InChI=1S/C27H24BrFN2O4/c1-34-24-9-6-18(28)14-17(24)15-25-26(33)19-7-8-23(32)20(27(19)35-25)16-30-10-12-31(13-11-30)22-5-3-2-4-21(22)29/h2-9,14-15,32H,10-13,16H2,1H3/b25-15-. The van der Waals surface area contributed by atoms with Gasteiger partial charge in [-0.15, -0.1) is 0 Å². The predicted octanol–water partition coefficient (Wildman–Crippen LogP) is 5.24. The maximum Gasteiger partial charge on any atom is 0.231 e. The molecule has 0 unspecified atom stereocenters. The lowest BCUT2D eigenvalue weighted by Gasteiger charge is -2.36. The minimum absolute atomic E-state index is 0.0781. The van der Waals surface area contributed by atoms with Gasteiger partial charge >= 0.3 is 0 Å². The van der Waals surface area contributed by atoms with E-state index in [1.807, 2.05) is 23.1 Å². The first-order valence-corrected chi connectivity index (χ1v) is 12.1. The number of phenolic OH excluding ortho intramolecular Hbond substituents is 1. The van der Waals surface area contributed by atoms with Crippen LogP contribution in [0.1, 0.15) is 21.5 Å². The number of hydrogen-bond donors (Lipinski definition) is 1. The summed E-state index contributed by atoms with van der Waals surface area (Å²) >= 11 is 3.44. The van der Waals surface area contributed by atoms with Crippen molar-refractivity contribution in [3.8, 4) is 17.2 Å². The maximum absolute atomic E-state index is 14.2. The zero-order valence-corrected chi connectivity index (χ0v) is 20.7. The van der Waals surface area contributed by atoms with Gasteiger partial charge in [-0.1, -0.05) is 28.1 Å². The number of allylic oxidation sites excluding steroid dienone is 1. The molecule has 1 fully saturated rings. The Morgan fingerprint density at radius 2 is 1.89 bits per heavy atom. The SMILES string of the molecule is COc1ccc(Br)cc1/C=C1\Oc2c(ccc(O)c2CN2CCN(c3ccccc3F)CC2)C1=O. The van der Waals surface area contributed by atoms with Crippen molar-refractivity contribution in [2.75, 3.05) is 38.2 Å². The fourth-order valence-electron chi connectivity index (χ4n) is 4.49. The average molecular weight is 539 g/mol. The lowest BCUT2D eigenvalue weighted by atomic mass is 10.0. The van der Waals surface area contributed by atoms with Crippen molar-refractivity contribution < 1.29 is 23.8 Å². The monoisotopic (exact) mass is 538 g/mol. The number of aromatic hydroxyl groups is 1. The van der Waals surface area contributed by atoms with E-state index in [4.69, 9.17) is 9.47 Å². The molecule has 2 heterocycles. The van der Waals surface area contributed by atoms with E-state index in [-0.39, 0.29) is 23.1 Å². The summed E-state index contributed by atoms with van der Waals surface area (Å²) in [7, 11) is 1.57. The first kappa shape index (κ1) is 23.4. The molecule has 0 aromatic heterocycles. The Morgan fingerprint density at radius 3 is 2.63 bits per heavy atom. The molecular formula is C27H24BrFN2O4. The highest BCUT2D eigenvalue weighted by Crippen LogP contribution is 2.41. The van der Waals surface area contributed by atoms with E-state index in [9.17, 15) is 14.3 Å². The zero-order valence-electron chi connectivity index (χ0n) is 19.1. The van der Waals surface area contributed by atoms with Crippen LogP contribution in [0.4, 0.5) is 10.1 Å². The number of rotatable bonds is 5. The van der Waals surface area contributed by atoms with Gasteiger partial charge in [0.25, 0.3) is 0 Å². The highest BCUT2D eigenvalue weighted by atomic mass is 79.9. The number of hydrogen-bond acceptors (Lipinski definition) is 6. The number of phenols is 1. The Labute approximate surface area is 211 Å². The number of methoxy groups -OCH3 is 1. The molecule has 2 aliphatic rings. The van der Waals surface area contributed by atoms with E-state index in [0.29, 0.717) is 66.6 Å². The molecule has 1 saturated heterocycles. The normalized spacial score (nSPS) is 16.9. The van der Waals surface area contributed by atoms with Crippen molar-refractivity contribution in [1.82, 2.24) is 4.90 Å². The number of nitrogens with zero attached hydrogens (tertiary/aromatic N) is 2. The number of piperazine rings is 1. The number of para-hydroxylation sites is 1. The summed E-state index contributed by atoms with van der Waals surface area (Å²) in [6.07, 6.45) is 1.65. The van der Waals surface area contributed by atoms with Crippen LogP contribution in [0.3, 0.4) is 0 Å². The number of halogens is 2. The molecule has 8 heteroatoms. The Bertz CT molecular complexity index is 1320. The van der Waals surface area contributed by atoms with Gasteiger partial charge in [-0.2, -0.15) is 0 Å². The third-order valence-corrected chi connectivity index (χ3v) is 6.83. The van der Waals surface area contributed by atoms with Crippen LogP contribution in [0.15, 0.2) is 64.8 Å². The second-order valence-corrected chi connectivity index (χ2v) is 9.40. The molecule has 1 N–H and O–H groups in total. The largest absolute Gasteiger partial charge is 0.507 e. The van der Waals surface area contributed by atoms with Gasteiger partial charge in [0, 0.05) is 42.8 Å². The molecule has 0 radical (unpaired) electrons. The molecule has 0 atom stereocenters. The topological polar surface area (TPSA) is 62.2 Å². The molecule has 0 bridgehead atoms. The van der Waals surface area contributed by atoms with Crippen molar-refractivity contribution in [2.24, 2.45) is 0 Å². The van der Waals surface area contributed by atoms with E-state index >= 15 is 0 Å². The van der Waals surface area contributed by atoms with Gasteiger partial charge < -0.3 is 19.5 Å². The highest BCUT2D eigenvalue weighted by molar-refractivity contribution is 9.10. The number of carbonyl (C=O) groups is 1. The molecule has 5 rings (SSSR count). The van der Waals surface area contributed by atoms with Crippen LogP contribution in [0.2, 0.25) is 0 Å². The van der Waals surface area contributed by atoms with Gasteiger partial charge in [0.2, 0.25) is 5.78 Å². The van der Waals surface area contributed by atoms with Crippen LogP contribution >= 0.6 is 15.9 Å². The molecule has 180 valence electrons. The van der Waals surface area contributed by atoms with Gasteiger partial charge in [-0.05, 0) is 48.5 Å². The van der Waals surface area contributed by atoms with E-state index < -0.39 is 0 Å². The number of Topliss-reactive ketones (excluding diaryl/α,β-unsaturated/α-hetero) is 1. The van der Waals surface area contributed by atoms with Crippen molar-refractivity contribution >= 4 is 33.5 Å². The third-order valence-electron chi connectivity index (χ3n) is 6.34. The summed E-state index contributed by atoms with van der Waals surface area (Å²) in [5.74, 6) is 0.776. The Morgan fingerprint density at radius 1 is 1.11 bits per heavy atom. The van der Waals surface area contributed by atoms with Crippen LogP contribution in [0, 0.1) is 5.82 Å². The summed E-state index contributed by atoms with van der Waals surface area (Å²) in [4.78, 5) is 17.3. The summed E-state index contributed by atoms with van der Waals surface area (Å²) in [6.45, 7) is 3.10. The van der Waals surface area contributed by atoms with Crippen LogP contribution in [-0.2, 0) is 6.54 Å². The molecule has 0 amide bonds.